The number of hydrogen-bond donors (Lipinski definition) is 1. The minimum atomic E-state index is -0.0904. The summed E-state index contributed by atoms with van der Waals surface area (Å²) in [6.45, 7) is 6.85. The standard InChI is InChI=1S/C21H31N3O.2ClH/c25-20(21-10-5-4-9-19(21)15-22-17-21)24-12-6-11-23(13-14-24)16-18-7-2-1-3-8-18;;/h1-3,7-8,19,22H,4-6,9-17H2;2*1H/t19-,21+;;/m0../s1. The second-order valence-corrected chi connectivity index (χ2v) is 8.14. The number of rotatable bonds is 3. The Bertz CT molecular complexity index is 600. The van der Waals surface area contributed by atoms with Crippen LogP contribution in [0.1, 0.15) is 37.7 Å². The molecule has 2 saturated heterocycles. The van der Waals surface area contributed by atoms with E-state index in [2.05, 4.69) is 45.4 Å². The predicted molar refractivity (Wildman–Crippen MR) is 115 cm³/mol. The summed E-state index contributed by atoms with van der Waals surface area (Å²) in [5, 5.41) is 3.52. The minimum Gasteiger partial charge on any atom is -0.341 e. The number of nitrogens with zero attached hydrogens (tertiary/aromatic N) is 2. The van der Waals surface area contributed by atoms with Crippen LogP contribution in [0.4, 0.5) is 0 Å². The average Bonchev–Trinajstić information content (AvgIpc) is 2.97. The van der Waals surface area contributed by atoms with Gasteiger partial charge in [-0.3, -0.25) is 9.69 Å². The van der Waals surface area contributed by atoms with Crippen molar-refractivity contribution in [2.75, 3.05) is 39.3 Å². The molecule has 0 radical (unpaired) electrons. The highest BCUT2D eigenvalue weighted by Crippen LogP contribution is 2.45. The molecule has 4 rings (SSSR count). The summed E-state index contributed by atoms with van der Waals surface area (Å²) in [6, 6.07) is 10.7. The number of benzene rings is 1. The van der Waals surface area contributed by atoms with Gasteiger partial charge in [-0.25, -0.2) is 0 Å². The number of halogens is 2. The van der Waals surface area contributed by atoms with Crippen molar-refractivity contribution in [2.24, 2.45) is 11.3 Å². The van der Waals surface area contributed by atoms with E-state index in [1.807, 2.05) is 0 Å². The van der Waals surface area contributed by atoms with Crippen LogP contribution in [0.2, 0.25) is 0 Å². The lowest BCUT2D eigenvalue weighted by Crippen LogP contribution is -2.50. The predicted octanol–water partition coefficient (Wildman–Crippen LogP) is 3.34. The van der Waals surface area contributed by atoms with Crippen LogP contribution in [-0.2, 0) is 11.3 Å². The molecule has 0 spiro atoms. The molecule has 6 heteroatoms. The molecular formula is C21H33Cl2N3O. The number of hydrogen-bond acceptors (Lipinski definition) is 3. The maximum Gasteiger partial charge on any atom is 0.230 e. The first-order valence-electron chi connectivity index (χ1n) is 10.0. The van der Waals surface area contributed by atoms with E-state index in [9.17, 15) is 4.79 Å². The SMILES string of the molecule is Cl.Cl.O=C(N1CCCN(Cc2ccccc2)CC1)[C@@]12CCCC[C@H]1CNC2. The lowest BCUT2D eigenvalue weighted by molar-refractivity contribution is -0.145. The van der Waals surface area contributed by atoms with Gasteiger partial charge in [-0.15, -0.1) is 24.8 Å². The highest BCUT2D eigenvalue weighted by atomic mass is 35.5. The first kappa shape index (κ1) is 22.5. The van der Waals surface area contributed by atoms with Gasteiger partial charge >= 0.3 is 0 Å². The Balaban J connectivity index is 0.00000131. The summed E-state index contributed by atoms with van der Waals surface area (Å²) in [4.78, 5) is 18.1. The van der Waals surface area contributed by atoms with Gasteiger partial charge in [-0.05, 0) is 37.3 Å². The fourth-order valence-electron chi connectivity index (χ4n) is 5.16. The maximum atomic E-state index is 13.4. The Morgan fingerprint density at radius 1 is 1.04 bits per heavy atom. The van der Waals surface area contributed by atoms with Gasteiger partial charge in [0.2, 0.25) is 5.91 Å². The van der Waals surface area contributed by atoms with Crippen LogP contribution in [0, 0.1) is 11.3 Å². The van der Waals surface area contributed by atoms with E-state index in [-0.39, 0.29) is 30.2 Å². The van der Waals surface area contributed by atoms with E-state index >= 15 is 0 Å². The fraction of sp³-hybridized carbons (Fsp3) is 0.667. The molecule has 1 aromatic rings. The van der Waals surface area contributed by atoms with Crippen LogP contribution in [0.3, 0.4) is 0 Å². The van der Waals surface area contributed by atoms with Gasteiger partial charge in [-0.2, -0.15) is 0 Å². The normalized spacial score (nSPS) is 28.4. The molecule has 1 amide bonds. The zero-order valence-electron chi connectivity index (χ0n) is 16.1. The van der Waals surface area contributed by atoms with E-state index in [1.165, 1.54) is 24.8 Å². The van der Waals surface area contributed by atoms with Crippen LogP contribution < -0.4 is 5.32 Å². The molecule has 0 aromatic heterocycles. The van der Waals surface area contributed by atoms with Crippen molar-refractivity contribution < 1.29 is 4.79 Å². The van der Waals surface area contributed by atoms with E-state index in [0.29, 0.717) is 11.8 Å². The molecule has 2 heterocycles. The Labute approximate surface area is 175 Å². The number of nitrogens with one attached hydrogen (secondary N) is 1. The zero-order valence-corrected chi connectivity index (χ0v) is 17.7. The van der Waals surface area contributed by atoms with Crippen molar-refractivity contribution in [3.63, 3.8) is 0 Å². The summed E-state index contributed by atoms with van der Waals surface area (Å²) >= 11 is 0. The quantitative estimate of drug-likeness (QED) is 0.824. The summed E-state index contributed by atoms with van der Waals surface area (Å²) in [5.41, 5.74) is 1.28. The highest BCUT2D eigenvalue weighted by molar-refractivity contribution is 5.85. The van der Waals surface area contributed by atoms with Crippen molar-refractivity contribution >= 4 is 30.7 Å². The Kier molecular flexibility index (Phi) is 8.41. The Morgan fingerprint density at radius 3 is 2.67 bits per heavy atom. The van der Waals surface area contributed by atoms with Crippen LogP contribution in [0.15, 0.2) is 30.3 Å². The molecule has 152 valence electrons. The van der Waals surface area contributed by atoms with Crippen molar-refractivity contribution in [1.29, 1.82) is 0 Å². The maximum absolute atomic E-state index is 13.4. The second-order valence-electron chi connectivity index (χ2n) is 8.14. The molecule has 1 aromatic carbocycles. The molecule has 0 bridgehead atoms. The molecule has 1 saturated carbocycles. The Hall–Kier alpha value is -0.810. The summed E-state index contributed by atoms with van der Waals surface area (Å²) < 4.78 is 0. The topological polar surface area (TPSA) is 35.6 Å². The average molecular weight is 414 g/mol. The molecule has 3 aliphatic rings. The number of fused-ring (bicyclic) bond motifs is 1. The Morgan fingerprint density at radius 2 is 1.85 bits per heavy atom. The number of carbonyl (C=O) groups excluding carboxylic acids is 1. The monoisotopic (exact) mass is 413 g/mol. The van der Waals surface area contributed by atoms with Gasteiger partial charge in [-0.1, -0.05) is 43.2 Å². The van der Waals surface area contributed by atoms with E-state index < -0.39 is 0 Å². The molecule has 4 nitrogen and oxygen atoms in total. The van der Waals surface area contributed by atoms with Gasteiger partial charge in [0.15, 0.2) is 0 Å². The van der Waals surface area contributed by atoms with Crippen molar-refractivity contribution in [2.45, 2.75) is 38.6 Å². The van der Waals surface area contributed by atoms with Gasteiger partial charge in [0.05, 0.1) is 5.41 Å². The van der Waals surface area contributed by atoms with E-state index in [1.54, 1.807) is 0 Å². The molecule has 2 atom stereocenters. The third kappa shape index (κ3) is 4.79. The molecule has 2 aliphatic heterocycles. The number of amides is 1. The third-order valence-corrected chi connectivity index (χ3v) is 6.59. The van der Waals surface area contributed by atoms with Crippen LogP contribution in [0.5, 0.6) is 0 Å². The summed E-state index contributed by atoms with van der Waals surface area (Å²) in [5.74, 6) is 1.01. The number of carbonyl (C=O) groups is 1. The van der Waals surface area contributed by atoms with Gasteiger partial charge < -0.3 is 10.2 Å². The van der Waals surface area contributed by atoms with Crippen molar-refractivity contribution in [1.82, 2.24) is 15.1 Å². The third-order valence-electron chi connectivity index (χ3n) is 6.59. The van der Waals surface area contributed by atoms with Crippen molar-refractivity contribution in [3.05, 3.63) is 35.9 Å². The van der Waals surface area contributed by atoms with Gasteiger partial charge in [0.25, 0.3) is 0 Å². The molecule has 1 N–H and O–H groups in total. The smallest absolute Gasteiger partial charge is 0.230 e. The first-order valence-corrected chi connectivity index (χ1v) is 10.0. The molecular weight excluding hydrogens is 381 g/mol. The minimum absolute atomic E-state index is 0. The lowest BCUT2D eigenvalue weighted by Gasteiger charge is -2.40. The first-order chi connectivity index (χ1) is 12.3. The van der Waals surface area contributed by atoms with Gasteiger partial charge in [0.1, 0.15) is 0 Å². The van der Waals surface area contributed by atoms with Crippen molar-refractivity contribution in [3.8, 4) is 0 Å². The molecule has 27 heavy (non-hydrogen) atoms. The highest BCUT2D eigenvalue weighted by Gasteiger charge is 2.51. The van der Waals surface area contributed by atoms with Crippen LogP contribution in [-0.4, -0.2) is 55.0 Å². The van der Waals surface area contributed by atoms with E-state index in [0.717, 1.165) is 58.7 Å². The second kappa shape index (κ2) is 10.1. The fourth-order valence-corrected chi connectivity index (χ4v) is 5.16. The molecule has 3 fully saturated rings. The largest absolute Gasteiger partial charge is 0.341 e. The van der Waals surface area contributed by atoms with Crippen LogP contribution in [0.25, 0.3) is 0 Å². The van der Waals surface area contributed by atoms with Crippen LogP contribution >= 0.6 is 24.8 Å². The van der Waals surface area contributed by atoms with E-state index in [4.69, 9.17) is 0 Å². The molecule has 0 unspecified atom stereocenters. The zero-order chi connectivity index (χ0) is 17.1. The summed E-state index contributed by atoms with van der Waals surface area (Å²) in [7, 11) is 0. The lowest BCUT2D eigenvalue weighted by atomic mass is 9.67. The molecule has 1 aliphatic carbocycles. The van der Waals surface area contributed by atoms with Gasteiger partial charge in [0, 0.05) is 39.3 Å². The summed E-state index contributed by atoms with van der Waals surface area (Å²) in [6.07, 6.45) is 5.93.